The second-order valence-corrected chi connectivity index (χ2v) is 8.61. The van der Waals surface area contributed by atoms with Crippen molar-refractivity contribution < 1.29 is 4.79 Å². The SMILES string of the molecule is CC(C)n1cc(C(=O)NC[C@@H]2CCCN3CCCC[C@H]23)c2ccccc2c1=O. The van der Waals surface area contributed by atoms with Gasteiger partial charge < -0.3 is 14.8 Å². The maximum Gasteiger partial charge on any atom is 0.258 e. The van der Waals surface area contributed by atoms with Crippen LogP contribution in [0.4, 0.5) is 0 Å². The summed E-state index contributed by atoms with van der Waals surface area (Å²) in [6, 6.07) is 8.06. The van der Waals surface area contributed by atoms with Gasteiger partial charge in [-0.1, -0.05) is 24.6 Å². The van der Waals surface area contributed by atoms with Crippen LogP contribution >= 0.6 is 0 Å². The molecule has 0 bridgehead atoms. The van der Waals surface area contributed by atoms with Crippen LogP contribution < -0.4 is 10.9 Å². The van der Waals surface area contributed by atoms with Crippen molar-refractivity contribution in [3.8, 4) is 0 Å². The third kappa shape index (κ3) is 3.60. The Labute approximate surface area is 166 Å². The average Bonchev–Trinajstić information content (AvgIpc) is 2.72. The van der Waals surface area contributed by atoms with E-state index in [1.54, 1.807) is 10.8 Å². The second kappa shape index (κ2) is 8.08. The maximum absolute atomic E-state index is 13.1. The summed E-state index contributed by atoms with van der Waals surface area (Å²) in [5.74, 6) is 0.457. The Morgan fingerprint density at radius 1 is 1.11 bits per heavy atom. The molecule has 2 atom stereocenters. The van der Waals surface area contributed by atoms with Crippen LogP contribution in [0.3, 0.4) is 0 Å². The van der Waals surface area contributed by atoms with Crippen LogP contribution in [0, 0.1) is 5.92 Å². The zero-order valence-electron chi connectivity index (χ0n) is 17.0. The lowest BCUT2D eigenvalue weighted by molar-refractivity contribution is 0.0576. The van der Waals surface area contributed by atoms with Gasteiger partial charge in [0, 0.05) is 35.6 Å². The summed E-state index contributed by atoms with van der Waals surface area (Å²) in [4.78, 5) is 28.5. The van der Waals surface area contributed by atoms with E-state index < -0.39 is 0 Å². The summed E-state index contributed by atoms with van der Waals surface area (Å²) in [5.41, 5.74) is 0.562. The van der Waals surface area contributed by atoms with E-state index in [-0.39, 0.29) is 17.5 Å². The van der Waals surface area contributed by atoms with Gasteiger partial charge in [-0.25, -0.2) is 0 Å². The Balaban J connectivity index is 1.57. The highest BCUT2D eigenvalue weighted by molar-refractivity contribution is 6.06. The molecule has 0 unspecified atom stereocenters. The van der Waals surface area contributed by atoms with Gasteiger partial charge in [-0.05, 0) is 64.6 Å². The van der Waals surface area contributed by atoms with Crippen LogP contribution in [0.15, 0.2) is 35.3 Å². The number of nitrogens with one attached hydrogen (secondary N) is 1. The molecule has 5 nitrogen and oxygen atoms in total. The van der Waals surface area contributed by atoms with Crippen molar-refractivity contribution in [2.45, 2.75) is 58.0 Å². The molecule has 5 heteroatoms. The summed E-state index contributed by atoms with van der Waals surface area (Å²) in [6.45, 7) is 7.07. The molecule has 2 fully saturated rings. The molecule has 2 aliphatic heterocycles. The van der Waals surface area contributed by atoms with Gasteiger partial charge in [0.1, 0.15) is 0 Å². The first-order chi connectivity index (χ1) is 13.6. The molecule has 1 amide bonds. The fraction of sp³-hybridized carbons (Fsp3) is 0.565. The highest BCUT2D eigenvalue weighted by atomic mass is 16.2. The molecule has 2 aromatic rings. The first-order valence-electron chi connectivity index (χ1n) is 10.7. The molecular weight excluding hydrogens is 350 g/mol. The fourth-order valence-electron chi connectivity index (χ4n) is 5.01. The van der Waals surface area contributed by atoms with Gasteiger partial charge in [0.2, 0.25) is 0 Å². The van der Waals surface area contributed by atoms with Crippen LogP contribution in [0.1, 0.15) is 62.4 Å². The number of rotatable bonds is 4. The van der Waals surface area contributed by atoms with E-state index in [9.17, 15) is 9.59 Å². The van der Waals surface area contributed by atoms with Crippen LogP contribution in [-0.4, -0.2) is 41.1 Å². The van der Waals surface area contributed by atoms with E-state index in [4.69, 9.17) is 0 Å². The lowest BCUT2D eigenvalue weighted by Gasteiger charge is -2.44. The van der Waals surface area contributed by atoms with Crippen molar-refractivity contribution >= 4 is 16.7 Å². The number of nitrogens with zero attached hydrogens (tertiary/aromatic N) is 2. The number of carbonyl (C=O) groups is 1. The molecule has 1 aromatic heterocycles. The third-order valence-corrected chi connectivity index (χ3v) is 6.50. The molecular formula is C23H31N3O2. The summed E-state index contributed by atoms with van der Waals surface area (Å²) >= 11 is 0. The van der Waals surface area contributed by atoms with E-state index in [1.165, 1.54) is 45.2 Å². The number of aromatic nitrogens is 1. The summed E-state index contributed by atoms with van der Waals surface area (Å²) in [5, 5.41) is 4.55. The van der Waals surface area contributed by atoms with Crippen molar-refractivity contribution in [3.63, 3.8) is 0 Å². The molecule has 2 aliphatic rings. The van der Waals surface area contributed by atoms with Gasteiger partial charge >= 0.3 is 0 Å². The number of piperidine rings is 2. The van der Waals surface area contributed by atoms with Crippen molar-refractivity contribution in [2.24, 2.45) is 5.92 Å². The minimum absolute atomic E-state index is 0.0118. The van der Waals surface area contributed by atoms with Gasteiger partial charge in [0.05, 0.1) is 5.56 Å². The summed E-state index contributed by atoms with van der Waals surface area (Å²) in [6.07, 6.45) is 8.00. The van der Waals surface area contributed by atoms with Gasteiger partial charge in [0.25, 0.3) is 11.5 Å². The molecule has 4 rings (SSSR count). The molecule has 3 heterocycles. The van der Waals surface area contributed by atoms with Gasteiger partial charge in [0.15, 0.2) is 0 Å². The molecule has 2 saturated heterocycles. The highest BCUT2D eigenvalue weighted by Gasteiger charge is 2.33. The summed E-state index contributed by atoms with van der Waals surface area (Å²) < 4.78 is 1.67. The van der Waals surface area contributed by atoms with Crippen molar-refractivity contribution in [3.05, 3.63) is 46.4 Å². The molecule has 0 aliphatic carbocycles. The van der Waals surface area contributed by atoms with Gasteiger partial charge in [-0.2, -0.15) is 0 Å². The Hall–Kier alpha value is -2.14. The fourth-order valence-corrected chi connectivity index (χ4v) is 5.01. The first-order valence-corrected chi connectivity index (χ1v) is 10.7. The lowest BCUT2D eigenvalue weighted by atomic mass is 9.83. The van der Waals surface area contributed by atoms with Crippen LogP contribution in [0.5, 0.6) is 0 Å². The predicted octanol–water partition coefficient (Wildman–Crippen LogP) is 3.58. The van der Waals surface area contributed by atoms with Crippen LogP contribution in [-0.2, 0) is 0 Å². The Bertz CT molecular complexity index is 916. The van der Waals surface area contributed by atoms with Gasteiger partial charge in [-0.3, -0.25) is 9.59 Å². The molecule has 0 saturated carbocycles. The van der Waals surface area contributed by atoms with E-state index in [0.717, 1.165) is 11.9 Å². The standard InChI is InChI=1S/C23H31N3O2/c1-16(2)26-15-20(18-9-3-4-10-19(18)23(26)28)22(27)24-14-17-8-7-13-25-12-6-5-11-21(17)25/h3-4,9-10,15-17,21H,5-8,11-14H2,1-2H3,(H,24,27)/t17-,21+/m0/s1. The number of benzene rings is 1. The van der Waals surface area contributed by atoms with Crippen LogP contribution in [0.25, 0.3) is 10.8 Å². The molecule has 1 N–H and O–H groups in total. The Kier molecular flexibility index (Phi) is 5.54. The average molecular weight is 382 g/mol. The number of pyridine rings is 1. The van der Waals surface area contributed by atoms with E-state index in [0.29, 0.717) is 22.9 Å². The number of carbonyl (C=O) groups excluding carboxylic acids is 1. The maximum atomic E-state index is 13.1. The zero-order chi connectivity index (χ0) is 19.7. The Morgan fingerprint density at radius 3 is 2.64 bits per heavy atom. The van der Waals surface area contributed by atoms with E-state index in [1.807, 2.05) is 38.1 Å². The molecule has 0 radical (unpaired) electrons. The number of fused-ring (bicyclic) bond motifs is 2. The van der Waals surface area contributed by atoms with Crippen molar-refractivity contribution in [1.29, 1.82) is 0 Å². The zero-order valence-corrected chi connectivity index (χ0v) is 17.0. The van der Waals surface area contributed by atoms with Crippen molar-refractivity contribution in [2.75, 3.05) is 19.6 Å². The Morgan fingerprint density at radius 2 is 1.86 bits per heavy atom. The highest BCUT2D eigenvalue weighted by Crippen LogP contribution is 2.30. The monoisotopic (exact) mass is 381 g/mol. The van der Waals surface area contributed by atoms with E-state index in [2.05, 4.69) is 10.2 Å². The topological polar surface area (TPSA) is 54.3 Å². The normalized spacial score (nSPS) is 23.0. The molecule has 0 spiro atoms. The molecule has 28 heavy (non-hydrogen) atoms. The number of hydrogen-bond donors (Lipinski definition) is 1. The quantitative estimate of drug-likeness (QED) is 0.881. The number of amides is 1. The predicted molar refractivity (Wildman–Crippen MR) is 113 cm³/mol. The first kappa shape index (κ1) is 19.2. The molecule has 150 valence electrons. The number of hydrogen-bond acceptors (Lipinski definition) is 3. The van der Waals surface area contributed by atoms with Gasteiger partial charge in [-0.15, -0.1) is 0 Å². The van der Waals surface area contributed by atoms with E-state index >= 15 is 0 Å². The second-order valence-electron chi connectivity index (χ2n) is 8.61. The molecule has 1 aromatic carbocycles. The van der Waals surface area contributed by atoms with Crippen LogP contribution in [0.2, 0.25) is 0 Å². The smallest absolute Gasteiger partial charge is 0.258 e. The van der Waals surface area contributed by atoms with Crippen molar-refractivity contribution in [1.82, 2.24) is 14.8 Å². The summed E-state index contributed by atoms with van der Waals surface area (Å²) in [7, 11) is 0. The lowest BCUT2D eigenvalue weighted by Crippen LogP contribution is -2.51. The minimum atomic E-state index is -0.0708. The largest absolute Gasteiger partial charge is 0.352 e. The minimum Gasteiger partial charge on any atom is -0.352 e. The third-order valence-electron chi connectivity index (χ3n) is 6.50.